The van der Waals surface area contributed by atoms with E-state index in [1.54, 1.807) is 0 Å². The van der Waals surface area contributed by atoms with Crippen molar-refractivity contribution in [2.75, 3.05) is 31.1 Å². The summed E-state index contributed by atoms with van der Waals surface area (Å²) < 4.78 is 37.8. The molecule has 6 nitrogen and oxygen atoms in total. The Morgan fingerprint density at radius 1 is 1.17 bits per heavy atom. The molecule has 0 saturated carbocycles. The number of pyridine rings is 1. The average molecular weight is 556 g/mol. The van der Waals surface area contributed by atoms with Crippen molar-refractivity contribution < 1.29 is 13.2 Å². The molecule has 168 valence electrons. The molecule has 0 unspecified atom stereocenters. The first-order valence-electron chi connectivity index (χ1n) is 9.61. The largest absolute Gasteiger partial charge is 0.434 e. The van der Waals surface area contributed by atoms with Gasteiger partial charge in [0.05, 0.1) is 11.6 Å². The third kappa shape index (κ3) is 8.25. The number of nitrogens with zero attached hydrogens (tertiary/aromatic N) is 4. The van der Waals surface area contributed by atoms with Gasteiger partial charge in [0, 0.05) is 44.2 Å². The Morgan fingerprint density at radius 3 is 2.43 bits per heavy atom. The number of hydrogen-bond acceptors (Lipinski definition) is 5. The van der Waals surface area contributed by atoms with Crippen LogP contribution in [-0.2, 0) is 19.1 Å². The van der Waals surface area contributed by atoms with Crippen LogP contribution in [0.4, 0.5) is 19.0 Å². The number of thiazole rings is 1. The zero-order valence-electron chi connectivity index (χ0n) is 17.3. The van der Waals surface area contributed by atoms with E-state index in [0.29, 0.717) is 37.0 Å². The summed E-state index contributed by atoms with van der Waals surface area (Å²) >= 11 is 1.02. The van der Waals surface area contributed by atoms with E-state index in [1.165, 1.54) is 0 Å². The Hall–Kier alpha value is -1.63. The minimum absolute atomic E-state index is 0. The molecule has 11 heteroatoms. The van der Waals surface area contributed by atoms with Crippen LogP contribution in [0.25, 0.3) is 0 Å². The molecule has 0 radical (unpaired) electrons. The number of guanidine groups is 1. The van der Waals surface area contributed by atoms with E-state index < -0.39 is 11.9 Å². The molecule has 0 atom stereocenters. The fourth-order valence-electron chi connectivity index (χ4n) is 2.60. The van der Waals surface area contributed by atoms with Gasteiger partial charge < -0.3 is 15.5 Å². The zero-order valence-corrected chi connectivity index (χ0v) is 20.4. The van der Waals surface area contributed by atoms with Crippen LogP contribution >= 0.6 is 35.3 Å². The van der Waals surface area contributed by atoms with Gasteiger partial charge in [0.15, 0.2) is 11.7 Å². The third-order valence-corrected chi connectivity index (χ3v) is 5.04. The lowest BCUT2D eigenvalue weighted by Crippen LogP contribution is -2.38. The molecule has 0 fully saturated rings. The fraction of sp³-hybridized carbons (Fsp3) is 0.526. The molecule has 0 saturated heterocycles. The predicted molar refractivity (Wildman–Crippen MR) is 127 cm³/mol. The van der Waals surface area contributed by atoms with Gasteiger partial charge in [-0.25, -0.2) is 15.0 Å². The van der Waals surface area contributed by atoms with E-state index in [0.717, 1.165) is 41.2 Å². The molecule has 0 aromatic carbocycles. The van der Waals surface area contributed by atoms with Gasteiger partial charge in [0.1, 0.15) is 5.82 Å². The first-order chi connectivity index (χ1) is 13.9. The number of rotatable bonds is 9. The molecule has 2 rings (SSSR count). The van der Waals surface area contributed by atoms with Crippen LogP contribution in [0, 0.1) is 0 Å². The predicted octanol–water partition coefficient (Wildman–Crippen LogP) is 4.32. The number of hydrogen-bond donors (Lipinski definition) is 2. The van der Waals surface area contributed by atoms with Crippen LogP contribution in [0.3, 0.4) is 0 Å². The van der Waals surface area contributed by atoms with Crippen molar-refractivity contribution in [2.45, 2.75) is 39.9 Å². The molecular formula is C19H28F3IN6S. The minimum Gasteiger partial charge on any atom is -0.357 e. The van der Waals surface area contributed by atoms with Crippen molar-refractivity contribution >= 4 is 47.1 Å². The van der Waals surface area contributed by atoms with E-state index in [2.05, 4.69) is 44.3 Å². The molecule has 0 amide bonds. The van der Waals surface area contributed by atoms with Gasteiger partial charge in [-0.05, 0) is 32.4 Å². The minimum atomic E-state index is -4.40. The molecular weight excluding hydrogens is 528 g/mol. The van der Waals surface area contributed by atoms with Crippen LogP contribution in [0.5, 0.6) is 0 Å². The normalized spacial score (nSPS) is 11.7. The monoisotopic (exact) mass is 556 g/mol. The first-order valence-corrected chi connectivity index (χ1v) is 10.5. The second-order valence-corrected chi connectivity index (χ2v) is 7.14. The first kappa shape index (κ1) is 26.4. The number of aliphatic imine (C=N–C) groups is 1. The topological polar surface area (TPSA) is 65.4 Å². The highest BCUT2D eigenvalue weighted by atomic mass is 127. The Morgan fingerprint density at radius 2 is 1.90 bits per heavy atom. The highest BCUT2D eigenvalue weighted by molar-refractivity contribution is 14.0. The lowest BCUT2D eigenvalue weighted by atomic mass is 10.3. The van der Waals surface area contributed by atoms with Gasteiger partial charge in [-0.15, -0.1) is 35.3 Å². The zero-order chi connectivity index (χ0) is 21.3. The fourth-order valence-corrected chi connectivity index (χ4v) is 3.41. The van der Waals surface area contributed by atoms with Gasteiger partial charge in [-0.1, -0.05) is 6.07 Å². The summed E-state index contributed by atoms with van der Waals surface area (Å²) in [7, 11) is 0. The summed E-state index contributed by atoms with van der Waals surface area (Å²) in [5, 5.41) is 7.75. The molecule has 0 spiro atoms. The van der Waals surface area contributed by atoms with E-state index in [4.69, 9.17) is 0 Å². The van der Waals surface area contributed by atoms with Gasteiger partial charge >= 0.3 is 6.18 Å². The van der Waals surface area contributed by atoms with Crippen molar-refractivity contribution in [2.24, 2.45) is 4.99 Å². The SMILES string of the molecule is CCNC(=NCc1ccc(N(CC)CC)nc1)NCCc1nc(C(F)(F)F)cs1.I. The molecule has 0 aliphatic rings. The molecule has 2 aromatic rings. The van der Waals surface area contributed by atoms with E-state index in [1.807, 2.05) is 25.3 Å². The summed E-state index contributed by atoms with van der Waals surface area (Å²) in [4.78, 5) is 14.8. The lowest BCUT2D eigenvalue weighted by Gasteiger charge is -2.19. The standard InChI is InChI=1S/C19H27F3N6S.HI/c1-4-23-18(24-10-9-17-27-15(13-29-17)19(20,21)22)26-12-14-7-8-16(25-11-14)28(5-2)6-3;/h7-8,11,13H,4-6,9-10,12H2,1-3H3,(H2,23,24,26);1H. The van der Waals surface area contributed by atoms with Gasteiger partial charge in [0.2, 0.25) is 0 Å². The second-order valence-electron chi connectivity index (χ2n) is 6.19. The quantitative estimate of drug-likeness (QED) is 0.274. The number of nitrogens with one attached hydrogen (secondary N) is 2. The van der Waals surface area contributed by atoms with Crippen molar-refractivity contribution in [3.63, 3.8) is 0 Å². The maximum Gasteiger partial charge on any atom is 0.434 e. The number of anilines is 1. The van der Waals surface area contributed by atoms with Gasteiger partial charge in [0.25, 0.3) is 0 Å². The molecule has 0 aliphatic carbocycles. The molecule has 2 N–H and O–H groups in total. The number of halogens is 4. The third-order valence-electron chi connectivity index (χ3n) is 4.13. The van der Waals surface area contributed by atoms with Crippen LogP contribution in [-0.4, -0.2) is 42.1 Å². The summed E-state index contributed by atoms with van der Waals surface area (Å²) in [5.74, 6) is 1.54. The van der Waals surface area contributed by atoms with E-state index in [9.17, 15) is 13.2 Å². The summed E-state index contributed by atoms with van der Waals surface area (Å²) in [6, 6.07) is 3.99. The second kappa shape index (κ2) is 12.9. The van der Waals surface area contributed by atoms with Crippen molar-refractivity contribution in [3.05, 3.63) is 40.0 Å². The van der Waals surface area contributed by atoms with Crippen LogP contribution in [0.15, 0.2) is 28.7 Å². The van der Waals surface area contributed by atoms with Crippen LogP contribution < -0.4 is 15.5 Å². The molecule has 2 aromatic heterocycles. The Labute approximate surface area is 196 Å². The maximum absolute atomic E-state index is 12.6. The van der Waals surface area contributed by atoms with Gasteiger partial charge in [-0.2, -0.15) is 13.2 Å². The van der Waals surface area contributed by atoms with Crippen LogP contribution in [0.1, 0.15) is 37.0 Å². The smallest absolute Gasteiger partial charge is 0.357 e. The highest BCUT2D eigenvalue weighted by Crippen LogP contribution is 2.30. The molecule has 0 aliphatic heterocycles. The lowest BCUT2D eigenvalue weighted by molar-refractivity contribution is -0.140. The molecule has 0 bridgehead atoms. The molecule has 2 heterocycles. The van der Waals surface area contributed by atoms with Crippen LogP contribution in [0.2, 0.25) is 0 Å². The highest BCUT2D eigenvalue weighted by Gasteiger charge is 2.33. The maximum atomic E-state index is 12.6. The Bertz CT molecular complexity index is 775. The van der Waals surface area contributed by atoms with Crippen molar-refractivity contribution in [1.29, 1.82) is 0 Å². The molecule has 30 heavy (non-hydrogen) atoms. The Balaban J connectivity index is 0.00000450. The van der Waals surface area contributed by atoms with Crippen molar-refractivity contribution in [3.8, 4) is 0 Å². The van der Waals surface area contributed by atoms with E-state index in [-0.39, 0.29) is 24.0 Å². The summed E-state index contributed by atoms with van der Waals surface area (Å²) in [5.41, 5.74) is 0.145. The van der Waals surface area contributed by atoms with Crippen molar-refractivity contribution in [1.82, 2.24) is 20.6 Å². The van der Waals surface area contributed by atoms with E-state index >= 15 is 0 Å². The van der Waals surface area contributed by atoms with Gasteiger partial charge in [-0.3, -0.25) is 0 Å². The Kier molecular flexibility index (Phi) is 11.4. The number of aromatic nitrogens is 2. The summed E-state index contributed by atoms with van der Waals surface area (Å²) in [6.45, 7) is 9.51. The summed E-state index contributed by atoms with van der Waals surface area (Å²) in [6.07, 6.45) is -2.19. The number of alkyl halides is 3. The average Bonchev–Trinajstić information content (AvgIpc) is 3.17.